The number of halogens is 1. The largest absolute Gasteiger partial charge is 0.465 e. The first-order valence-corrected chi connectivity index (χ1v) is 5.74. The van der Waals surface area contributed by atoms with Crippen LogP contribution < -0.4 is 0 Å². The highest BCUT2D eigenvalue weighted by Crippen LogP contribution is 2.33. The minimum Gasteiger partial charge on any atom is -0.465 e. The predicted octanol–water partition coefficient (Wildman–Crippen LogP) is 2.52. The van der Waals surface area contributed by atoms with Gasteiger partial charge in [-0.15, -0.1) is 11.3 Å². The fourth-order valence-electron chi connectivity index (χ4n) is 0.865. The van der Waals surface area contributed by atoms with Crippen molar-refractivity contribution in [2.24, 2.45) is 4.99 Å². The van der Waals surface area contributed by atoms with Crippen LogP contribution in [0.15, 0.2) is 14.8 Å². The van der Waals surface area contributed by atoms with Crippen LogP contribution in [0.3, 0.4) is 0 Å². The third-order valence-corrected chi connectivity index (χ3v) is 3.09. The van der Waals surface area contributed by atoms with Gasteiger partial charge in [-0.3, -0.25) is 0 Å². The third kappa shape index (κ3) is 3.32. The van der Waals surface area contributed by atoms with Crippen molar-refractivity contribution >= 4 is 45.3 Å². The average Bonchev–Trinajstić information content (AvgIpc) is 2.55. The van der Waals surface area contributed by atoms with Crippen LogP contribution in [-0.4, -0.2) is 38.4 Å². The normalized spacial score (nSPS) is 10.7. The summed E-state index contributed by atoms with van der Waals surface area (Å²) in [6.45, 7) is 0. The number of aliphatic imine (C=N–C) groups is 1. The zero-order chi connectivity index (χ0) is 11.4. The van der Waals surface area contributed by atoms with E-state index in [9.17, 15) is 4.79 Å². The number of ether oxygens (including phenoxy) is 1. The van der Waals surface area contributed by atoms with Gasteiger partial charge in [-0.05, 0) is 22.0 Å². The molecule has 0 saturated carbocycles. The van der Waals surface area contributed by atoms with E-state index in [2.05, 4.69) is 25.7 Å². The van der Waals surface area contributed by atoms with Crippen molar-refractivity contribution < 1.29 is 9.53 Å². The third-order valence-electron chi connectivity index (χ3n) is 1.48. The Morgan fingerprint density at radius 3 is 2.87 bits per heavy atom. The van der Waals surface area contributed by atoms with Crippen molar-refractivity contribution in [3.8, 4) is 0 Å². The number of thiophene rings is 1. The lowest BCUT2D eigenvalue weighted by Gasteiger charge is -2.02. The van der Waals surface area contributed by atoms with E-state index in [1.54, 1.807) is 17.3 Å². The predicted molar refractivity (Wildman–Crippen MR) is 65.2 cm³/mol. The maximum Gasteiger partial charge on any atom is 0.350 e. The Morgan fingerprint density at radius 1 is 1.67 bits per heavy atom. The van der Waals surface area contributed by atoms with Gasteiger partial charge < -0.3 is 9.64 Å². The van der Waals surface area contributed by atoms with Gasteiger partial charge in [-0.25, -0.2) is 9.79 Å². The molecule has 1 aromatic heterocycles. The molecular formula is C9H11BrN2O2S. The molecule has 0 unspecified atom stereocenters. The van der Waals surface area contributed by atoms with Crippen molar-refractivity contribution in [1.82, 2.24) is 4.90 Å². The summed E-state index contributed by atoms with van der Waals surface area (Å²) in [6, 6.07) is 1.79. The number of carbonyl (C=O) groups is 1. The van der Waals surface area contributed by atoms with Gasteiger partial charge in [0.25, 0.3) is 0 Å². The second-order valence-corrected chi connectivity index (χ2v) is 5.40. The first-order valence-electron chi connectivity index (χ1n) is 4.13. The molecule has 1 rings (SSSR count). The second kappa shape index (κ2) is 5.27. The highest BCUT2D eigenvalue weighted by Gasteiger charge is 2.15. The molecule has 15 heavy (non-hydrogen) atoms. The summed E-state index contributed by atoms with van der Waals surface area (Å²) >= 11 is 4.62. The van der Waals surface area contributed by atoms with Gasteiger partial charge in [0.2, 0.25) is 0 Å². The number of rotatable bonds is 3. The molecule has 0 aliphatic rings. The molecular weight excluding hydrogens is 280 g/mol. The van der Waals surface area contributed by atoms with E-state index in [1.165, 1.54) is 18.4 Å². The Morgan fingerprint density at radius 2 is 2.33 bits per heavy atom. The van der Waals surface area contributed by atoms with E-state index >= 15 is 0 Å². The molecule has 0 bridgehead atoms. The Kier molecular flexibility index (Phi) is 4.28. The lowest BCUT2D eigenvalue weighted by molar-refractivity contribution is 0.0607. The summed E-state index contributed by atoms with van der Waals surface area (Å²) in [5.41, 5.74) is 0.618. The van der Waals surface area contributed by atoms with Crippen molar-refractivity contribution in [1.29, 1.82) is 0 Å². The summed E-state index contributed by atoms with van der Waals surface area (Å²) in [6.07, 6.45) is 1.64. The van der Waals surface area contributed by atoms with Gasteiger partial charge in [-0.1, -0.05) is 0 Å². The molecule has 0 aliphatic heterocycles. The molecule has 0 radical (unpaired) electrons. The van der Waals surface area contributed by atoms with Gasteiger partial charge in [-0.2, -0.15) is 0 Å². The fourth-order valence-corrected chi connectivity index (χ4v) is 2.32. The van der Waals surface area contributed by atoms with Gasteiger partial charge >= 0.3 is 5.97 Å². The average molecular weight is 291 g/mol. The monoisotopic (exact) mass is 290 g/mol. The maximum absolute atomic E-state index is 11.4. The lowest BCUT2D eigenvalue weighted by Crippen LogP contribution is -2.07. The molecule has 0 N–H and O–H groups in total. The molecule has 0 atom stereocenters. The topological polar surface area (TPSA) is 41.9 Å². The van der Waals surface area contributed by atoms with Crippen molar-refractivity contribution in [2.45, 2.75) is 0 Å². The van der Waals surface area contributed by atoms with Crippen molar-refractivity contribution in [3.05, 3.63) is 14.7 Å². The summed E-state index contributed by atoms with van der Waals surface area (Å²) in [5.74, 6) is -0.364. The minimum absolute atomic E-state index is 0.364. The van der Waals surface area contributed by atoms with Gasteiger partial charge in [0, 0.05) is 14.1 Å². The molecule has 0 amide bonds. The number of esters is 1. The summed E-state index contributed by atoms with van der Waals surface area (Å²) < 4.78 is 5.52. The Balaban J connectivity index is 3.01. The Bertz CT molecular complexity index is 387. The second-order valence-electron chi connectivity index (χ2n) is 2.96. The molecule has 0 aromatic carbocycles. The summed E-state index contributed by atoms with van der Waals surface area (Å²) in [4.78, 5) is 17.8. The summed E-state index contributed by atoms with van der Waals surface area (Å²) in [7, 11) is 5.08. The zero-order valence-corrected chi connectivity index (χ0v) is 11.1. The van der Waals surface area contributed by atoms with Gasteiger partial charge in [0.05, 0.1) is 22.9 Å². The fraction of sp³-hybridized carbons (Fsp3) is 0.333. The number of carbonyl (C=O) groups excluding carboxylic acids is 1. The molecule has 0 aliphatic carbocycles. The lowest BCUT2D eigenvalue weighted by atomic mass is 10.4. The number of hydrogen-bond acceptors (Lipinski definition) is 4. The Hall–Kier alpha value is -0.880. The van der Waals surface area contributed by atoms with E-state index in [0.717, 1.165) is 3.79 Å². The van der Waals surface area contributed by atoms with E-state index < -0.39 is 0 Å². The van der Waals surface area contributed by atoms with Gasteiger partial charge in [0.15, 0.2) is 0 Å². The molecule has 1 aromatic rings. The number of nitrogens with zero attached hydrogens (tertiary/aromatic N) is 2. The van der Waals surface area contributed by atoms with Crippen LogP contribution in [0.5, 0.6) is 0 Å². The van der Waals surface area contributed by atoms with Gasteiger partial charge in [0.1, 0.15) is 4.88 Å². The van der Waals surface area contributed by atoms with Crippen molar-refractivity contribution in [3.63, 3.8) is 0 Å². The maximum atomic E-state index is 11.4. The first-order chi connectivity index (χ1) is 7.04. The summed E-state index contributed by atoms with van der Waals surface area (Å²) in [5, 5.41) is 0. The zero-order valence-electron chi connectivity index (χ0n) is 8.65. The minimum atomic E-state index is -0.364. The van der Waals surface area contributed by atoms with Crippen LogP contribution in [-0.2, 0) is 4.74 Å². The van der Waals surface area contributed by atoms with E-state index in [0.29, 0.717) is 10.6 Å². The molecule has 4 nitrogen and oxygen atoms in total. The van der Waals surface area contributed by atoms with Crippen LogP contribution in [0.4, 0.5) is 5.69 Å². The molecule has 0 saturated heterocycles. The van der Waals surface area contributed by atoms with Crippen LogP contribution in [0.2, 0.25) is 0 Å². The van der Waals surface area contributed by atoms with E-state index in [4.69, 9.17) is 0 Å². The molecule has 6 heteroatoms. The molecule has 0 fully saturated rings. The molecule has 82 valence electrons. The highest BCUT2D eigenvalue weighted by molar-refractivity contribution is 9.11. The van der Waals surface area contributed by atoms with Crippen molar-refractivity contribution in [2.75, 3.05) is 21.2 Å². The Labute approximate surface area is 101 Å². The smallest absolute Gasteiger partial charge is 0.350 e. The first kappa shape index (κ1) is 12.2. The quantitative estimate of drug-likeness (QED) is 0.488. The number of methoxy groups -OCH3 is 1. The van der Waals surface area contributed by atoms with E-state index in [1.807, 2.05) is 14.1 Å². The van der Waals surface area contributed by atoms with E-state index in [-0.39, 0.29) is 5.97 Å². The standard InChI is InChI=1S/C9H11BrN2O2S/c1-12(2)5-11-6-4-7(10)15-8(6)9(13)14-3/h4-5H,1-3H3/b11-5+. The highest BCUT2D eigenvalue weighted by atomic mass is 79.9. The van der Waals surface area contributed by atoms with Crippen LogP contribution in [0, 0.1) is 0 Å². The van der Waals surface area contributed by atoms with Crippen LogP contribution >= 0.6 is 27.3 Å². The molecule has 0 spiro atoms. The van der Waals surface area contributed by atoms with Crippen LogP contribution in [0.25, 0.3) is 0 Å². The molecule has 1 heterocycles. The SMILES string of the molecule is COC(=O)c1sc(Br)cc1/N=C/N(C)C. The number of hydrogen-bond donors (Lipinski definition) is 0. The van der Waals surface area contributed by atoms with Crippen LogP contribution in [0.1, 0.15) is 9.67 Å².